The number of hydrogen-bond acceptors (Lipinski definition) is 6. The van der Waals surface area contributed by atoms with Crippen LogP contribution in [0.4, 0.5) is 5.13 Å². The number of carbonyl (C=O) groups excluding carboxylic acids is 1. The van der Waals surface area contributed by atoms with E-state index in [-0.39, 0.29) is 5.91 Å². The minimum absolute atomic E-state index is 0.236. The standard InChI is InChI=1S/C9H12N6OS/c10-9-14-13-8(17-9)7(16)11-3-1-5-15-6-2-4-12-15/h2,4,6H,1,3,5H2,(H2,10,14)(H,11,16). The van der Waals surface area contributed by atoms with E-state index >= 15 is 0 Å². The first kappa shape index (κ1) is 11.5. The average Bonchev–Trinajstić information content (AvgIpc) is 2.95. The van der Waals surface area contributed by atoms with Crippen LogP contribution in [0.15, 0.2) is 18.5 Å². The van der Waals surface area contributed by atoms with Crippen molar-refractivity contribution in [2.45, 2.75) is 13.0 Å². The number of nitrogens with one attached hydrogen (secondary N) is 1. The summed E-state index contributed by atoms with van der Waals surface area (Å²) in [5, 5.41) is 14.6. The first-order valence-electron chi connectivity index (χ1n) is 5.10. The third-order valence-corrected chi connectivity index (χ3v) is 2.79. The van der Waals surface area contributed by atoms with Gasteiger partial charge in [-0.15, -0.1) is 10.2 Å². The SMILES string of the molecule is Nc1nnc(C(=O)NCCCn2cccn2)s1. The van der Waals surface area contributed by atoms with Gasteiger partial charge >= 0.3 is 0 Å². The number of nitrogen functional groups attached to an aromatic ring is 1. The molecule has 0 aromatic carbocycles. The zero-order valence-corrected chi connectivity index (χ0v) is 9.85. The molecule has 8 heteroatoms. The predicted molar refractivity (Wildman–Crippen MR) is 63.5 cm³/mol. The summed E-state index contributed by atoms with van der Waals surface area (Å²) < 4.78 is 1.81. The molecule has 0 aliphatic rings. The van der Waals surface area contributed by atoms with Gasteiger partial charge < -0.3 is 11.1 Å². The second kappa shape index (κ2) is 5.39. The predicted octanol–water partition coefficient (Wildman–Crippen LogP) is 0.137. The van der Waals surface area contributed by atoms with Crippen molar-refractivity contribution in [2.75, 3.05) is 12.3 Å². The van der Waals surface area contributed by atoms with Crippen LogP contribution in [0.1, 0.15) is 16.2 Å². The third kappa shape index (κ3) is 3.25. The van der Waals surface area contributed by atoms with Crippen LogP contribution >= 0.6 is 11.3 Å². The molecule has 0 bridgehead atoms. The molecule has 7 nitrogen and oxygen atoms in total. The molecule has 90 valence electrons. The maximum absolute atomic E-state index is 11.5. The average molecular weight is 252 g/mol. The lowest BCUT2D eigenvalue weighted by molar-refractivity contribution is 0.0951. The van der Waals surface area contributed by atoms with Gasteiger partial charge in [0.2, 0.25) is 10.1 Å². The molecule has 2 aromatic heterocycles. The van der Waals surface area contributed by atoms with Crippen LogP contribution in [0.3, 0.4) is 0 Å². The van der Waals surface area contributed by atoms with Crippen molar-refractivity contribution in [1.82, 2.24) is 25.3 Å². The van der Waals surface area contributed by atoms with E-state index in [1.807, 2.05) is 16.9 Å². The number of nitrogens with two attached hydrogens (primary N) is 1. The molecule has 17 heavy (non-hydrogen) atoms. The van der Waals surface area contributed by atoms with Gasteiger partial charge in [0.25, 0.3) is 5.91 Å². The molecule has 2 aromatic rings. The van der Waals surface area contributed by atoms with E-state index in [1.54, 1.807) is 6.20 Å². The minimum atomic E-state index is -0.236. The van der Waals surface area contributed by atoms with Gasteiger partial charge in [-0.25, -0.2) is 0 Å². The number of rotatable bonds is 5. The molecule has 2 rings (SSSR count). The molecule has 0 atom stereocenters. The highest BCUT2D eigenvalue weighted by atomic mass is 32.1. The van der Waals surface area contributed by atoms with Crippen molar-refractivity contribution < 1.29 is 4.79 Å². The van der Waals surface area contributed by atoms with E-state index in [4.69, 9.17) is 5.73 Å². The van der Waals surface area contributed by atoms with Crippen molar-refractivity contribution in [3.05, 3.63) is 23.5 Å². The Balaban J connectivity index is 1.70. The normalized spacial score (nSPS) is 10.4. The zero-order valence-electron chi connectivity index (χ0n) is 9.04. The summed E-state index contributed by atoms with van der Waals surface area (Å²) in [6.45, 7) is 1.34. The Morgan fingerprint density at radius 3 is 3.06 bits per heavy atom. The fraction of sp³-hybridized carbons (Fsp3) is 0.333. The van der Waals surface area contributed by atoms with Crippen molar-refractivity contribution in [2.24, 2.45) is 0 Å². The second-order valence-corrected chi connectivity index (χ2v) is 4.33. The van der Waals surface area contributed by atoms with Crippen LogP contribution in [0.2, 0.25) is 0 Å². The van der Waals surface area contributed by atoms with Crippen LogP contribution in [-0.2, 0) is 6.54 Å². The van der Waals surface area contributed by atoms with Gasteiger partial charge in [0.15, 0.2) is 0 Å². The molecule has 0 spiro atoms. The molecule has 0 aliphatic heterocycles. The van der Waals surface area contributed by atoms with E-state index in [0.29, 0.717) is 16.7 Å². The quantitative estimate of drug-likeness (QED) is 0.737. The van der Waals surface area contributed by atoms with Crippen molar-refractivity contribution >= 4 is 22.4 Å². The number of aryl methyl sites for hydroxylation is 1. The lowest BCUT2D eigenvalue weighted by atomic mass is 10.4. The van der Waals surface area contributed by atoms with E-state index in [1.165, 1.54) is 0 Å². The molecule has 3 N–H and O–H groups in total. The maximum atomic E-state index is 11.5. The molecule has 0 radical (unpaired) electrons. The summed E-state index contributed by atoms with van der Waals surface area (Å²) in [5.41, 5.74) is 5.39. The summed E-state index contributed by atoms with van der Waals surface area (Å²) in [5.74, 6) is -0.236. The number of hydrogen-bond donors (Lipinski definition) is 2. The van der Waals surface area contributed by atoms with Crippen LogP contribution < -0.4 is 11.1 Å². The van der Waals surface area contributed by atoms with Crippen LogP contribution in [0.5, 0.6) is 0 Å². The van der Waals surface area contributed by atoms with E-state index < -0.39 is 0 Å². The zero-order chi connectivity index (χ0) is 12.1. The number of nitrogens with zero attached hydrogens (tertiary/aromatic N) is 4. The van der Waals surface area contributed by atoms with E-state index in [0.717, 1.165) is 24.3 Å². The lowest BCUT2D eigenvalue weighted by Crippen LogP contribution is -2.25. The van der Waals surface area contributed by atoms with E-state index in [9.17, 15) is 4.79 Å². The summed E-state index contributed by atoms with van der Waals surface area (Å²) >= 11 is 1.08. The summed E-state index contributed by atoms with van der Waals surface area (Å²) in [4.78, 5) is 11.5. The van der Waals surface area contributed by atoms with E-state index in [2.05, 4.69) is 20.6 Å². The highest BCUT2D eigenvalue weighted by molar-refractivity contribution is 7.16. The Morgan fingerprint density at radius 1 is 1.53 bits per heavy atom. The third-order valence-electron chi connectivity index (χ3n) is 2.04. The fourth-order valence-electron chi connectivity index (χ4n) is 1.28. The number of aromatic nitrogens is 4. The number of amides is 1. The van der Waals surface area contributed by atoms with Crippen LogP contribution in [0, 0.1) is 0 Å². The number of carbonyl (C=O) groups is 1. The summed E-state index contributed by atoms with van der Waals surface area (Å²) in [6.07, 6.45) is 4.41. The molecule has 0 saturated carbocycles. The molecule has 0 aliphatic carbocycles. The topological polar surface area (TPSA) is 98.7 Å². The molecular formula is C9H12N6OS. The maximum Gasteiger partial charge on any atom is 0.282 e. The Bertz CT molecular complexity index is 479. The molecule has 0 fully saturated rings. The monoisotopic (exact) mass is 252 g/mol. The number of anilines is 1. The molecule has 1 amide bonds. The van der Waals surface area contributed by atoms with Crippen molar-refractivity contribution in [3.63, 3.8) is 0 Å². The van der Waals surface area contributed by atoms with Crippen molar-refractivity contribution in [3.8, 4) is 0 Å². The highest BCUT2D eigenvalue weighted by Crippen LogP contribution is 2.10. The van der Waals surface area contributed by atoms with Gasteiger partial charge in [-0.05, 0) is 12.5 Å². The highest BCUT2D eigenvalue weighted by Gasteiger charge is 2.10. The summed E-state index contributed by atoms with van der Waals surface area (Å²) in [7, 11) is 0. The van der Waals surface area contributed by atoms with Gasteiger partial charge in [-0.3, -0.25) is 9.48 Å². The first-order chi connectivity index (χ1) is 8.25. The lowest BCUT2D eigenvalue weighted by Gasteiger charge is -2.02. The largest absolute Gasteiger partial charge is 0.374 e. The van der Waals surface area contributed by atoms with Gasteiger partial charge in [0.05, 0.1) is 0 Å². The molecular weight excluding hydrogens is 240 g/mol. The van der Waals surface area contributed by atoms with Gasteiger partial charge in [-0.2, -0.15) is 5.10 Å². The Kier molecular flexibility index (Phi) is 3.66. The molecule has 0 saturated heterocycles. The van der Waals surface area contributed by atoms with Gasteiger partial charge in [-0.1, -0.05) is 11.3 Å². The Labute approximate surface area is 102 Å². The van der Waals surface area contributed by atoms with Crippen LogP contribution in [0.25, 0.3) is 0 Å². The van der Waals surface area contributed by atoms with Crippen molar-refractivity contribution in [1.29, 1.82) is 0 Å². The Morgan fingerprint density at radius 2 is 2.41 bits per heavy atom. The van der Waals surface area contributed by atoms with Gasteiger partial charge in [0.1, 0.15) is 0 Å². The Hall–Kier alpha value is -1.96. The minimum Gasteiger partial charge on any atom is -0.374 e. The summed E-state index contributed by atoms with van der Waals surface area (Å²) in [6, 6.07) is 1.86. The van der Waals surface area contributed by atoms with Gasteiger partial charge in [0, 0.05) is 25.5 Å². The fourth-order valence-corrected chi connectivity index (χ4v) is 1.80. The molecule has 0 unspecified atom stereocenters. The molecule has 2 heterocycles. The smallest absolute Gasteiger partial charge is 0.282 e. The first-order valence-corrected chi connectivity index (χ1v) is 5.92. The van der Waals surface area contributed by atoms with Crippen LogP contribution in [-0.4, -0.2) is 32.4 Å². The second-order valence-electron chi connectivity index (χ2n) is 3.32.